The molecule has 0 aromatic heterocycles. The molecule has 1 unspecified atom stereocenters. The molecule has 4 nitrogen and oxygen atoms in total. The molecule has 1 heterocycles. The highest BCUT2D eigenvalue weighted by molar-refractivity contribution is 6.06. The number of aliphatic hydroxyl groups is 1. The average Bonchev–Trinajstić information content (AvgIpc) is 2.38. The van der Waals surface area contributed by atoms with E-state index in [0.29, 0.717) is 0 Å². The molecule has 1 N–H and O–H groups in total. The van der Waals surface area contributed by atoms with E-state index in [1.165, 1.54) is 4.90 Å². The molecule has 0 saturated carbocycles. The first-order valence-corrected chi connectivity index (χ1v) is 5.32. The fraction of sp³-hybridized carbons (Fsp3) is 0.818. The third-order valence-electron chi connectivity index (χ3n) is 3.47. The first-order valence-electron chi connectivity index (χ1n) is 5.32. The molecule has 0 spiro atoms. The average molecular weight is 213 g/mol. The van der Waals surface area contributed by atoms with E-state index in [0.717, 1.165) is 0 Å². The van der Waals surface area contributed by atoms with Crippen LogP contribution in [0.4, 0.5) is 0 Å². The Morgan fingerprint density at radius 2 is 1.93 bits per heavy atom. The Labute approximate surface area is 90.3 Å². The number of carbonyl (C=O) groups excluding carboxylic acids is 2. The molecule has 1 saturated heterocycles. The monoisotopic (exact) mass is 213 g/mol. The van der Waals surface area contributed by atoms with Gasteiger partial charge in [-0.15, -0.1) is 0 Å². The molecule has 86 valence electrons. The van der Waals surface area contributed by atoms with Crippen LogP contribution in [0.15, 0.2) is 0 Å². The lowest BCUT2D eigenvalue weighted by molar-refractivity contribution is -0.145. The van der Waals surface area contributed by atoms with Gasteiger partial charge in [0.05, 0.1) is 18.1 Å². The number of aliphatic hydroxyl groups excluding tert-OH is 1. The van der Waals surface area contributed by atoms with Crippen LogP contribution in [-0.2, 0) is 9.59 Å². The zero-order valence-corrected chi connectivity index (χ0v) is 9.78. The van der Waals surface area contributed by atoms with Crippen molar-refractivity contribution in [1.82, 2.24) is 4.90 Å². The van der Waals surface area contributed by atoms with Gasteiger partial charge in [0.15, 0.2) is 0 Å². The fourth-order valence-electron chi connectivity index (χ4n) is 1.84. The third kappa shape index (κ3) is 1.78. The second kappa shape index (κ2) is 3.93. The topological polar surface area (TPSA) is 57.6 Å². The Bertz CT molecular complexity index is 288. The van der Waals surface area contributed by atoms with Crippen LogP contribution < -0.4 is 0 Å². The molecule has 1 aliphatic heterocycles. The molecule has 0 bridgehead atoms. The van der Waals surface area contributed by atoms with Crippen molar-refractivity contribution in [2.75, 3.05) is 6.61 Å². The Kier molecular flexibility index (Phi) is 3.19. The quantitative estimate of drug-likeness (QED) is 0.705. The van der Waals surface area contributed by atoms with Crippen LogP contribution in [0.3, 0.4) is 0 Å². The molecule has 0 aliphatic carbocycles. The van der Waals surface area contributed by atoms with E-state index in [4.69, 9.17) is 5.11 Å². The Balaban J connectivity index is 2.98. The first-order chi connectivity index (χ1) is 6.84. The highest BCUT2D eigenvalue weighted by Gasteiger charge is 2.51. The molecule has 2 amide bonds. The minimum Gasteiger partial charge on any atom is -0.394 e. The number of carbonyl (C=O) groups is 2. The van der Waals surface area contributed by atoms with Crippen molar-refractivity contribution in [3.63, 3.8) is 0 Å². The summed E-state index contributed by atoms with van der Waals surface area (Å²) < 4.78 is 0. The summed E-state index contributed by atoms with van der Waals surface area (Å²) in [6.07, 6.45) is 0.258. The predicted octanol–water partition coefficient (Wildman–Crippen LogP) is 0.788. The summed E-state index contributed by atoms with van der Waals surface area (Å²) in [6.45, 7) is 7.21. The van der Waals surface area contributed by atoms with Crippen LogP contribution in [0.5, 0.6) is 0 Å². The highest BCUT2D eigenvalue weighted by atomic mass is 16.3. The fourth-order valence-corrected chi connectivity index (χ4v) is 1.84. The first kappa shape index (κ1) is 12.2. The maximum atomic E-state index is 12.1. The summed E-state index contributed by atoms with van der Waals surface area (Å²) in [6, 6.07) is -0.412. The van der Waals surface area contributed by atoms with E-state index in [1.807, 2.05) is 20.8 Å². The lowest BCUT2D eigenvalue weighted by Crippen LogP contribution is -2.43. The van der Waals surface area contributed by atoms with Crippen molar-refractivity contribution in [2.45, 2.75) is 40.2 Å². The normalized spacial score (nSPS) is 29.1. The summed E-state index contributed by atoms with van der Waals surface area (Å²) >= 11 is 0. The van der Waals surface area contributed by atoms with E-state index in [2.05, 4.69) is 0 Å². The Hall–Kier alpha value is -0.900. The lowest BCUT2D eigenvalue weighted by Gasteiger charge is -2.27. The SMILES string of the molecule is CC(C)C1(C)CC(=O)N([C@H](C)CO)C1=O. The van der Waals surface area contributed by atoms with E-state index in [1.54, 1.807) is 6.92 Å². The summed E-state index contributed by atoms with van der Waals surface area (Å²) in [4.78, 5) is 25.0. The lowest BCUT2D eigenvalue weighted by atomic mass is 9.78. The van der Waals surface area contributed by atoms with Crippen LogP contribution in [0.1, 0.15) is 34.1 Å². The van der Waals surface area contributed by atoms with Gasteiger partial charge in [-0.25, -0.2) is 0 Å². The molecule has 1 fully saturated rings. The summed E-state index contributed by atoms with van der Waals surface area (Å²) in [5.74, 6) is -0.188. The van der Waals surface area contributed by atoms with E-state index in [-0.39, 0.29) is 30.8 Å². The van der Waals surface area contributed by atoms with Gasteiger partial charge >= 0.3 is 0 Å². The van der Waals surface area contributed by atoms with Gasteiger partial charge in [0.25, 0.3) is 0 Å². The smallest absolute Gasteiger partial charge is 0.236 e. The maximum Gasteiger partial charge on any atom is 0.236 e. The summed E-state index contributed by atoms with van der Waals surface area (Å²) in [5, 5.41) is 8.99. The van der Waals surface area contributed by atoms with Gasteiger partial charge in [-0.05, 0) is 19.8 Å². The number of nitrogens with zero attached hydrogens (tertiary/aromatic N) is 1. The van der Waals surface area contributed by atoms with Gasteiger partial charge in [0.1, 0.15) is 0 Å². The van der Waals surface area contributed by atoms with Crippen molar-refractivity contribution in [2.24, 2.45) is 11.3 Å². The van der Waals surface area contributed by atoms with E-state index in [9.17, 15) is 9.59 Å². The number of likely N-dealkylation sites (tertiary alicyclic amines) is 1. The molecule has 4 heteroatoms. The van der Waals surface area contributed by atoms with Crippen LogP contribution in [0.25, 0.3) is 0 Å². The predicted molar refractivity (Wildman–Crippen MR) is 56.0 cm³/mol. The number of imide groups is 1. The van der Waals surface area contributed by atoms with Gasteiger partial charge in [0, 0.05) is 6.42 Å². The van der Waals surface area contributed by atoms with Gasteiger partial charge in [0.2, 0.25) is 11.8 Å². The van der Waals surface area contributed by atoms with Crippen molar-refractivity contribution in [3.05, 3.63) is 0 Å². The van der Waals surface area contributed by atoms with Crippen LogP contribution >= 0.6 is 0 Å². The highest BCUT2D eigenvalue weighted by Crippen LogP contribution is 2.39. The zero-order valence-electron chi connectivity index (χ0n) is 9.78. The molecule has 0 radical (unpaired) electrons. The van der Waals surface area contributed by atoms with Gasteiger partial charge in [-0.3, -0.25) is 14.5 Å². The molecule has 15 heavy (non-hydrogen) atoms. The Morgan fingerprint density at radius 3 is 2.27 bits per heavy atom. The molecule has 0 aromatic rings. The van der Waals surface area contributed by atoms with Crippen LogP contribution in [-0.4, -0.2) is 34.5 Å². The molecule has 0 aromatic carbocycles. The minimum absolute atomic E-state index is 0.129. The van der Waals surface area contributed by atoms with Gasteiger partial charge < -0.3 is 5.11 Å². The van der Waals surface area contributed by atoms with Crippen molar-refractivity contribution in [3.8, 4) is 0 Å². The second-order valence-electron chi connectivity index (χ2n) is 4.85. The number of hydrogen-bond donors (Lipinski definition) is 1. The number of amides is 2. The standard InChI is InChI=1S/C11H19NO3/c1-7(2)11(4)5-9(14)12(10(11)15)8(3)6-13/h7-8,13H,5-6H2,1-4H3/t8-,11?/m1/s1. The largest absolute Gasteiger partial charge is 0.394 e. The van der Waals surface area contributed by atoms with Crippen molar-refractivity contribution < 1.29 is 14.7 Å². The van der Waals surface area contributed by atoms with Crippen LogP contribution in [0.2, 0.25) is 0 Å². The molecular formula is C11H19NO3. The third-order valence-corrected chi connectivity index (χ3v) is 3.47. The van der Waals surface area contributed by atoms with Gasteiger partial charge in [-0.2, -0.15) is 0 Å². The van der Waals surface area contributed by atoms with Crippen LogP contribution in [0, 0.1) is 11.3 Å². The molecule has 1 rings (SSSR count). The number of rotatable bonds is 3. The number of hydrogen-bond acceptors (Lipinski definition) is 3. The van der Waals surface area contributed by atoms with Crippen molar-refractivity contribution in [1.29, 1.82) is 0 Å². The van der Waals surface area contributed by atoms with E-state index >= 15 is 0 Å². The minimum atomic E-state index is -0.597. The Morgan fingerprint density at radius 1 is 1.40 bits per heavy atom. The van der Waals surface area contributed by atoms with Crippen molar-refractivity contribution >= 4 is 11.8 Å². The second-order valence-corrected chi connectivity index (χ2v) is 4.85. The zero-order chi connectivity index (χ0) is 11.8. The summed E-state index contributed by atoms with van der Waals surface area (Å²) in [5.41, 5.74) is -0.597. The van der Waals surface area contributed by atoms with E-state index < -0.39 is 11.5 Å². The molecule has 1 aliphatic rings. The van der Waals surface area contributed by atoms with Gasteiger partial charge in [-0.1, -0.05) is 13.8 Å². The molecule has 2 atom stereocenters. The maximum absolute atomic E-state index is 12.1. The molecular weight excluding hydrogens is 194 g/mol. The summed E-state index contributed by atoms with van der Waals surface area (Å²) in [7, 11) is 0.